The number of carbonyl (C=O) groups is 4. The molecule has 3 aromatic rings. The molecule has 0 radical (unpaired) electrons. The topological polar surface area (TPSA) is 117 Å². The van der Waals surface area contributed by atoms with E-state index < -0.39 is 53.1 Å². The molecule has 0 unspecified atom stereocenters. The first-order chi connectivity index (χ1) is 22.2. The van der Waals surface area contributed by atoms with E-state index in [-0.39, 0.29) is 38.9 Å². The van der Waals surface area contributed by atoms with Crippen LogP contribution >= 0.6 is 0 Å². The van der Waals surface area contributed by atoms with Crippen molar-refractivity contribution in [2.75, 3.05) is 18.0 Å². The van der Waals surface area contributed by atoms with Gasteiger partial charge in [0, 0.05) is 29.8 Å². The Bertz CT molecular complexity index is 1670. The minimum absolute atomic E-state index is 0.0282. The summed E-state index contributed by atoms with van der Waals surface area (Å²) in [5.74, 6) is -1.93. The lowest BCUT2D eigenvalue weighted by Crippen LogP contribution is -2.51. The van der Waals surface area contributed by atoms with Gasteiger partial charge in [-0.3, -0.25) is 19.2 Å². The predicted molar refractivity (Wildman–Crippen MR) is 169 cm³/mol. The highest BCUT2D eigenvalue weighted by molar-refractivity contribution is 6.02. The fraction of sp³-hybridized carbons (Fsp3) is 0.371. The van der Waals surface area contributed by atoms with Crippen LogP contribution in [-0.4, -0.2) is 54.5 Å². The lowest BCUT2D eigenvalue weighted by molar-refractivity contribution is -0.147. The molecule has 0 aromatic heterocycles. The van der Waals surface area contributed by atoms with Gasteiger partial charge >= 0.3 is 12.1 Å². The van der Waals surface area contributed by atoms with Crippen LogP contribution in [0.15, 0.2) is 66.7 Å². The van der Waals surface area contributed by atoms with Crippen LogP contribution in [0.4, 0.5) is 18.9 Å². The molecule has 6 rings (SSSR count). The van der Waals surface area contributed by atoms with E-state index in [9.17, 15) is 32.3 Å². The Morgan fingerprint density at radius 3 is 2.34 bits per heavy atom. The Labute approximate surface area is 270 Å². The van der Waals surface area contributed by atoms with Gasteiger partial charge in [-0.25, -0.2) is 0 Å². The van der Waals surface area contributed by atoms with Gasteiger partial charge in [-0.1, -0.05) is 42.5 Å². The first kappa shape index (κ1) is 33.6. The molecule has 9 nitrogen and oxygen atoms in total. The number of aryl methyl sites for hydroxylation is 1. The molecule has 3 amide bonds. The highest BCUT2D eigenvalue weighted by Gasteiger charge is 2.36. The number of anilines is 1. The Balaban J connectivity index is 1.52. The molecule has 3 aliphatic rings. The smallest absolute Gasteiger partial charge is 0.416 e. The van der Waals surface area contributed by atoms with Crippen molar-refractivity contribution in [3.63, 3.8) is 0 Å². The average Bonchev–Trinajstić information content (AvgIpc) is 3.14. The van der Waals surface area contributed by atoms with E-state index in [2.05, 4.69) is 16.0 Å². The molecule has 2 atom stereocenters. The fourth-order valence-corrected chi connectivity index (χ4v) is 5.84. The van der Waals surface area contributed by atoms with Crippen LogP contribution in [0.1, 0.15) is 60.7 Å². The van der Waals surface area contributed by atoms with Crippen LogP contribution < -0.4 is 20.9 Å². The summed E-state index contributed by atoms with van der Waals surface area (Å²) in [5, 5.41) is 8.64. The van der Waals surface area contributed by atoms with Gasteiger partial charge in [-0.15, -0.1) is 0 Å². The number of nitrogens with zero attached hydrogens (tertiary/aromatic N) is 1. The molecule has 0 spiro atoms. The van der Waals surface area contributed by atoms with E-state index in [0.717, 1.165) is 12.1 Å². The molecule has 12 heteroatoms. The minimum atomic E-state index is -4.55. The second-order valence-electron chi connectivity index (χ2n) is 12.6. The Kier molecular flexibility index (Phi) is 9.71. The van der Waals surface area contributed by atoms with Gasteiger partial charge in [-0.2, -0.15) is 13.2 Å². The Hall–Kier alpha value is -4.71. The van der Waals surface area contributed by atoms with Crippen molar-refractivity contribution >= 4 is 29.4 Å². The highest BCUT2D eigenvalue weighted by Crippen LogP contribution is 2.36. The van der Waals surface area contributed by atoms with Crippen LogP contribution in [0, 0.1) is 0 Å². The van der Waals surface area contributed by atoms with Crippen LogP contribution in [0.25, 0.3) is 11.1 Å². The molecule has 0 saturated carbocycles. The molecular formula is C35H37F3N4O5. The van der Waals surface area contributed by atoms with Crippen molar-refractivity contribution in [3.05, 3.63) is 89.0 Å². The van der Waals surface area contributed by atoms with Gasteiger partial charge in [0.1, 0.15) is 18.7 Å². The molecule has 0 saturated heterocycles. The monoisotopic (exact) mass is 650 g/mol. The highest BCUT2D eigenvalue weighted by atomic mass is 19.4. The maximum absolute atomic E-state index is 14.0. The number of hydrogen-bond acceptors (Lipinski definition) is 6. The molecule has 4 bridgehead atoms. The van der Waals surface area contributed by atoms with E-state index in [1.165, 1.54) is 11.0 Å². The zero-order valence-corrected chi connectivity index (χ0v) is 26.4. The lowest BCUT2D eigenvalue weighted by atomic mass is 9.98. The maximum atomic E-state index is 14.0. The molecule has 3 aliphatic heterocycles. The number of alkyl halides is 3. The Morgan fingerprint density at radius 2 is 1.64 bits per heavy atom. The third-order valence-corrected chi connectivity index (χ3v) is 8.27. The number of esters is 1. The van der Waals surface area contributed by atoms with Gasteiger partial charge in [0.15, 0.2) is 0 Å². The number of nitrogens with one attached hydrogen (secondary N) is 3. The summed E-state index contributed by atoms with van der Waals surface area (Å²) in [6.45, 7) is 5.18. The molecule has 47 heavy (non-hydrogen) atoms. The maximum Gasteiger partial charge on any atom is 0.416 e. The van der Waals surface area contributed by atoms with Crippen molar-refractivity contribution in [1.29, 1.82) is 0 Å². The standard InChI is InChI=1S/C35H37F3N4O5/c1-21-18-40-34(2,3)17-30(43)41-28-14-12-24-16-25(35(36,37)38)13-15-29(24)42(33(28)46)20-22-8-10-23(11-9-22)26-6-4-5-7-27(26)32(45)39-19-31(44)47-21/h4-11,13,15-16,21,28,40H,12,14,17-20H2,1-3H3,(H,39,45)(H,41,43)/t21-,28-/m1/s1. The van der Waals surface area contributed by atoms with Gasteiger partial charge < -0.3 is 25.6 Å². The van der Waals surface area contributed by atoms with E-state index >= 15 is 0 Å². The van der Waals surface area contributed by atoms with Crippen molar-refractivity contribution in [2.24, 2.45) is 0 Å². The average molecular weight is 651 g/mol. The normalized spacial score (nSPS) is 21.2. The zero-order valence-electron chi connectivity index (χ0n) is 26.4. The first-order valence-electron chi connectivity index (χ1n) is 15.4. The molecule has 248 valence electrons. The summed E-state index contributed by atoms with van der Waals surface area (Å²) >= 11 is 0. The quantitative estimate of drug-likeness (QED) is 0.239. The number of ether oxygens (including phenoxy) is 1. The SMILES string of the molecule is C[C@@H]1CNC(C)(C)CC(=O)N[C@@H]2CCc3cc(C(F)(F)F)ccc3N(Cc3ccc(cc3)-c3ccccc3C(=O)NCC(=O)O1)C2=O. The molecule has 3 heterocycles. The number of fused-ring (bicyclic) bond motifs is 14. The summed E-state index contributed by atoms with van der Waals surface area (Å²) < 4.78 is 46.3. The number of benzene rings is 3. The fourth-order valence-electron chi connectivity index (χ4n) is 5.84. The van der Waals surface area contributed by atoms with E-state index in [1.807, 2.05) is 0 Å². The Morgan fingerprint density at radius 1 is 0.936 bits per heavy atom. The van der Waals surface area contributed by atoms with E-state index in [1.54, 1.807) is 69.3 Å². The summed E-state index contributed by atoms with van der Waals surface area (Å²) in [6, 6.07) is 16.4. The number of halogens is 3. The van der Waals surface area contributed by atoms with Gasteiger partial charge in [0.05, 0.1) is 12.1 Å². The van der Waals surface area contributed by atoms with Crippen LogP contribution in [-0.2, 0) is 38.3 Å². The van der Waals surface area contributed by atoms with E-state index in [0.29, 0.717) is 33.5 Å². The van der Waals surface area contributed by atoms with Gasteiger partial charge in [-0.05, 0) is 80.1 Å². The minimum Gasteiger partial charge on any atom is -0.460 e. The predicted octanol–water partition coefficient (Wildman–Crippen LogP) is 4.77. The number of hydrogen-bond donors (Lipinski definition) is 3. The summed E-state index contributed by atoms with van der Waals surface area (Å²) in [4.78, 5) is 54.3. The number of rotatable bonds is 0. The van der Waals surface area contributed by atoms with Gasteiger partial charge in [0.2, 0.25) is 11.8 Å². The molecule has 0 aliphatic carbocycles. The van der Waals surface area contributed by atoms with Crippen LogP contribution in [0.2, 0.25) is 0 Å². The second kappa shape index (κ2) is 13.6. The third-order valence-electron chi connectivity index (χ3n) is 8.27. The molecule has 3 aromatic carbocycles. The summed E-state index contributed by atoms with van der Waals surface area (Å²) in [7, 11) is 0. The van der Waals surface area contributed by atoms with Crippen LogP contribution in [0.3, 0.4) is 0 Å². The summed E-state index contributed by atoms with van der Waals surface area (Å²) in [6.07, 6.45) is -4.90. The van der Waals surface area contributed by atoms with Crippen LogP contribution in [0.5, 0.6) is 0 Å². The first-order valence-corrected chi connectivity index (χ1v) is 15.4. The number of amides is 3. The van der Waals surface area contributed by atoms with Crippen molar-refractivity contribution in [1.82, 2.24) is 16.0 Å². The third kappa shape index (κ3) is 8.18. The van der Waals surface area contributed by atoms with Crippen molar-refractivity contribution in [3.8, 4) is 11.1 Å². The molecule has 3 N–H and O–H groups in total. The van der Waals surface area contributed by atoms with E-state index in [4.69, 9.17) is 4.74 Å². The summed E-state index contributed by atoms with van der Waals surface area (Å²) in [5.41, 5.74) is 1.49. The van der Waals surface area contributed by atoms with Gasteiger partial charge in [0.25, 0.3) is 5.91 Å². The van der Waals surface area contributed by atoms with Crippen molar-refractivity contribution in [2.45, 2.75) is 70.4 Å². The molecular weight excluding hydrogens is 613 g/mol. The largest absolute Gasteiger partial charge is 0.460 e. The zero-order chi connectivity index (χ0) is 33.9. The molecule has 0 fully saturated rings. The van der Waals surface area contributed by atoms with Crippen molar-refractivity contribution < 1.29 is 37.1 Å². The second-order valence-corrected chi connectivity index (χ2v) is 12.6. The lowest BCUT2D eigenvalue weighted by Gasteiger charge is -2.30. The number of carbonyl (C=O) groups excluding carboxylic acids is 4.